The number of aliphatic hydroxyl groups excluding tert-OH is 1. The van der Waals surface area contributed by atoms with Crippen molar-refractivity contribution in [2.75, 3.05) is 18.5 Å². The van der Waals surface area contributed by atoms with Gasteiger partial charge < -0.3 is 10.4 Å². The van der Waals surface area contributed by atoms with Crippen molar-refractivity contribution in [2.24, 2.45) is 0 Å². The molecule has 0 unspecified atom stereocenters. The fourth-order valence-corrected chi connectivity index (χ4v) is 3.04. The molecular weight excluding hydrogens is 270 g/mol. The minimum absolute atomic E-state index is 0.177. The third kappa shape index (κ3) is 2.50. The molecule has 0 amide bonds. The van der Waals surface area contributed by atoms with Gasteiger partial charge in [-0.2, -0.15) is 0 Å². The van der Waals surface area contributed by atoms with Crippen molar-refractivity contribution in [2.45, 2.75) is 6.42 Å². The number of anilines is 1. The normalized spacial score (nSPS) is 10.8. The van der Waals surface area contributed by atoms with Crippen LogP contribution in [0.5, 0.6) is 0 Å². The molecule has 0 saturated carbocycles. The second kappa shape index (κ2) is 5.98. The highest BCUT2D eigenvalue weighted by atomic mass is 32.1. The molecule has 0 aliphatic carbocycles. The maximum absolute atomic E-state index is 8.88. The summed E-state index contributed by atoms with van der Waals surface area (Å²) in [5.74, 6) is 0.837. The third-order valence-corrected chi connectivity index (χ3v) is 3.97. The maximum atomic E-state index is 8.88. The average molecular weight is 285 g/mol. The van der Waals surface area contributed by atoms with E-state index in [-0.39, 0.29) is 6.61 Å². The van der Waals surface area contributed by atoms with Crippen molar-refractivity contribution in [3.8, 4) is 11.1 Å². The molecule has 2 N–H and O–H groups in total. The molecule has 1 aromatic carbocycles. The first-order chi connectivity index (χ1) is 9.90. The fourth-order valence-electron chi connectivity index (χ4n) is 2.13. The molecule has 20 heavy (non-hydrogen) atoms. The van der Waals surface area contributed by atoms with Crippen LogP contribution < -0.4 is 5.32 Å². The predicted octanol–water partition coefficient (Wildman–Crippen LogP) is 3.15. The minimum atomic E-state index is 0.177. The first-order valence-electron chi connectivity index (χ1n) is 6.52. The van der Waals surface area contributed by atoms with Crippen LogP contribution in [-0.2, 0) is 0 Å². The van der Waals surface area contributed by atoms with Crippen LogP contribution in [0, 0.1) is 0 Å². The summed E-state index contributed by atoms with van der Waals surface area (Å²) >= 11 is 1.62. The van der Waals surface area contributed by atoms with Crippen LogP contribution in [0.15, 0.2) is 42.0 Å². The van der Waals surface area contributed by atoms with Crippen molar-refractivity contribution in [3.05, 3.63) is 42.0 Å². The number of nitrogens with zero attached hydrogens (tertiary/aromatic N) is 2. The zero-order chi connectivity index (χ0) is 13.8. The number of benzene rings is 1. The summed E-state index contributed by atoms with van der Waals surface area (Å²) in [5, 5.41) is 15.3. The Morgan fingerprint density at radius 3 is 2.80 bits per heavy atom. The number of nitrogens with one attached hydrogen (secondary N) is 1. The van der Waals surface area contributed by atoms with Gasteiger partial charge in [-0.3, -0.25) is 0 Å². The highest BCUT2D eigenvalue weighted by molar-refractivity contribution is 7.17. The van der Waals surface area contributed by atoms with Gasteiger partial charge in [0.2, 0.25) is 0 Å². The number of aromatic nitrogens is 2. The summed E-state index contributed by atoms with van der Waals surface area (Å²) in [6.07, 6.45) is 2.28. The average Bonchev–Trinajstić information content (AvgIpc) is 2.93. The maximum Gasteiger partial charge on any atom is 0.138 e. The van der Waals surface area contributed by atoms with E-state index >= 15 is 0 Å². The predicted molar refractivity (Wildman–Crippen MR) is 83.0 cm³/mol. The molecule has 0 bridgehead atoms. The first kappa shape index (κ1) is 13.0. The van der Waals surface area contributed by atoms with Gasteiger partial charge in [0.1, 0.15) is 17.0 Å². The van der Waals surface area contributed by atoms with Gasteiger partial charge in [-0.1, -0.05) is 30.3 Å². The van der Waals surface area contributed by atoms with Gasteiger partial charge in [-0.25, -0.2) is 9.97 Å². The zero-order valence-electron chi connectivity index (χ0n) is 10.9. The monoisotopic (exact) mass is 285 g/mol. The molecule has 4 nitrogen and oxygen atoms in total. The van der Waals surface area contributed by atoms with E-state index in [2.05, 4.69) is 32.8 Å². The van der Waals surface area contributed by atoms with E-state index in [4.69, 9.17) is 5.11 Å². The Morgan fingerprint density at radius 2 is 2.00 bits per heavy atom. The lowest BCUT2D eigenvalue weighted by atomic mass is 10.1. The van der Waals surface area contributed by atoms with Gasteiger partial charge in [-0.05, 0) is 12.0 Å². The molecule has 2 aromatic heterocycles. The summed E-state index contributed by atoms with van der Waals surface area (Å²) in [5.41, 5.74) is 2.32. The second-order valence-corrected chi connectivity index (χ2v) is 5.28. The van der Waals surface area contributed by atoms with E-state index in [0.29, 0.717) is 13.0 Å². The third-order valence-electron chi connectivity index (χ3n) is 3.08. The lowest BCUT2D eigenvalue weighted by molar-refractivity contribution is 0.292. The van der Waals surface area contributed by atoms with Crippen LogP contribution in [0.3, 0.4) is 0 Å². The largest absolute Gasteiger partial charge is 0.396 e. The SMILES string of the molecule is OCCCNc1ncnc2scc(-c3ccccc3)c12. The van der Waals surface area contributed by atoms with Crippen LogP contribution in [0.4, 0.5) is 5.82 Å². The van der Waals surface area contributed by atoms with Gasteiger partial charge in [0.25, 0.3) is 0 Å². The molecule has 0 atom stereocenters. The van der Waals surface area contributed by atoms with Crippen molar-refractivity contribution in [3.63, 3.8) is 0 Å². The van der Waals surface area contributed by atoms with E-state index < -0.39 is 0 Å². The lowest BCUT2D eigenvalue weighted by Gasteiger charge is -2.07. The van der Waals surface area contributed by atoms with Crippen LogP contribution in [0.1, 0.15) is 6.42 Å². The molecule has 3 aromatic rings. The Hall–Kier alpha value is -1.98. The Balaban J connectivity index is 2.05. The summed E-state index contributed by atoms with van der Waals surface area (Å²) in [7, 11) is 0. The van der Waals surface area contributed by atoms with Gasteiger partial charge >= 0.3 is 0 Å². The second-order valence-electron chi connectivity index (χ2n) is 4.42. The van der Waals surface area contributed by atoms with Gasteiger partial charge in [0, 0.05) is 24.1 Å². The van der Waals surface area contributed by atoms with Crippen LogP contribution in [0.2, 0.25) is 0 Å². The van der Waals surface area contributed by atoms with Crippen molar-refractivity contribution in [1.82, 2.24) is 9.97 Å². The summed E-state index contributed by atoms with van der Waals surface area (Å²) < 4.78 is 0. The van der Waals surface area contributed by atoms with Crippen molar-refractivity contribution in [1.29, 1.82) is 0 Å². The van der Waals surface area contributed by atoms with Gasteiger partial charge in [0.15, 0.2) is 0 Å². The standard InChI is InChI=1S/C15H15N3OS/c19-8-4-7-16-14-13-12(11-5-2-1-3-6-11)9-20-15(13)18-10-17-14/h1-3,5-6,9-10,19H,4,7-8H2,(H,16,17,18). The molecule has 0 radical (unpaired) electrons. The molecule has 3 rings (SSSR count). The number of fused-ring (bicyclic) bond motifs is 1. The summed E-state index contributed by atoms with van der Waals surface area (Å²) in [6, 6.07) is 10.2. The Labute approximate surface area is 121 Å². The summed E-state index contributed by atoms with van der Waals surface area (Å²) in [6.45, 7) is 0.878. The highest BCUT2D eigenvalue weighted by Crippen LogP contribution is 2.36. The number of rotatable bonds is 5. The number of thiophene rings is 1. The zero-order valence-corrected chi connectivity index (χ0v) is 11.7. The van der Waals surface area contributed by atoms with Crippen molar-refractivity contribution >= 4 is 27.4 Å². The Kier molecular flexibility index (Phi) is 3.90. The van der Waals surface area contributed by atoms with E-state index in [1.54, 1.807) is 17.7 Å². The molecule has 0 spiro atoms. The summed E-state index contributed by atoms with van der Waals surface area (Å²) in [4.78, 5) is 9.65. The molecule has 0 fully saturated rings. The lowest BCUT2D eigenvalue weighted by Crippen LogP contribution is -2.05. The molecule has 5 heteroatoms. The molecule has 0 aliphatic heterocycles. The van der Waals surface area contributed by atoms with Gasteiger partial charge in [0.05, 0.1) is 5.39 Å². The van der Waals surface area contributed by atoms with Crippen molar-refractivity contribution < 1.29 is 5.11 Å². The molecule has 0 aliphatic rings. The molecule has 2 heterocycles. The van der Waals surface area contributed by atoms with E-state index in [1.807, 2.05) is 18.2 Å². The Morgan fingerprint density at radius 1 is 1.15 bits per heavy atom. The smallest absolute Gasteiger partial charge is 0.138 e. The van der Waals surface area contributed by atoms with Gasteiger partial charge in [-0.15, -0.1) is 11.3 Å². The quantitative estimate of drug-likeness (QED) is 0.707. The minimum Gasteiger partial charge on any atom is -0.396 e. The number of hydrogen-bond donors (Lipinski definition) is 2. The highest BCUT2D eigenvalue weighted by Gasteiger charge is 2.12. The molecule has 102 valence electrons. The number of aliphatic hydroxyl groups is 1. The van der Waals surface area contributed by atoms with E-state index in [9.17, 15) is 0 Å². The fraction of sp³-hybridized carbons (Fsp3) is 0.200. The van der Waals surface area contributed by atoms with Crippen LogP contribution in [0.25, 0.3) is 21.3 Å². The van der Waals surface area contributed by atoms with Crippen LogP contribution >= 0.6 is 11.3 Å². The molecule has 0 saturated heterocycles. The van der Waals surface area contributed by atoms with Crippen LogP contribution in [-0.4, -0.2) is 28.2 Å². The number of hydrogen-bond acceptors (Lipinski definition) is 5. The van der Waals surface area contributed by atoms with E-state index in [0.717, 1.165) is 21.6 Å². The Bertz CT molecular complexity index is 697. The topological polar surface area (TPSA) is 58.0 Å². The van der Waals surface area contributed by atoms with E-state index in [1.165, 1.54) is 5.56 Å². The molecular formula is C15H15N3OS. The first-order valence-corrected chi connectivity index (χ1v) is 7.40.